The van der Waals surface area contributed by atoms with Crippen LogP contribution in [0.15, 0.2) is 30.7 Å². The molecule has 2 aromatic heterocycles. The molecule has 0 radical (unpaired) electrons. The van der Waals surface area contributed by atoms with Crippen molar-refractivity contribution in [2.75, 3.05) is 39.3 Å². The Labute approximate surface area is 159 Å². The number of nitrogens with zero attached hydrogens (tertiary/aromatic N) is 6. The molecule has 0 aromatic carbocycles. The monoisotopic (exact) mass is 369 g/mol. The number of piperazine rings is 1. The smallest absolute Gasteiger partial charge is 0.276 e. The number of carbonyl (C=O) groups is 1. The lowest BCUT2D eigenvalue weighted by atomic mass is 9.96. The van der Waals surface area contributed by atoms with Gasteiger partial charge < -0.3 is 10.2 Å². The number of aromatic nitrogens is 4. The fourth-order valence-electron chi connectivity index (χ4n) is 3.93. The number of amides is 1. The van der Waals surface area contributed by atoms with Gasteiger partial charge in [-0.15, -0.1) is 5.10 Å². The second-order valence-electron chi connectivity index (χ2n) is 7.25. The first-order valence-corrected chi connectivity index (χ1v) is 9.85. The molecular formula is C19H27N7O. The maximum Gasteiger partial charge on any atom is 0.276 e. The number of hydrogen-bond donors (Lipinski definition) is 1. The first-order valence-electron chi connectivity index (χ1n) is 9.85. The van der Waals surface area contributed by atoms with E-state index in [2.05, 4.69) is 25.5 Å². The lowest BCUT2D eigenvalue weighted by Gasteiger charge is -2.35. The van der Waals surface area contributed by atoms with Gasteiger partial charge in [0.25, 0.3) is 5.91 Å². The number of carbonyl (C=O) groups excluding carboxylic acids is 1. The van der Waals surface area contributed by atoms with Gasteiger partial charge in [-0.1, -0.05) is 11.3 Å². The quantitative estimate of drug-likeness (QED) is 0.845. The molecule has 4 heterocycles. The SMILES string of the molecule is O=C(c1cn(CCN2CCNCC2)nn1)N1CCCC[C@@H]1c1cccnc1. The van der Waals surface area contributed by atoms with E-state index in [1.165, 1.54) is 0 Å². The summed E-state index contributed by atoms with van der Waals surface area (Å²) < 4.78 is 1.79. The molecule has 0 saturated carbocycles. The molecule has 27 heavy (non-hydrogen) atoms. The van der Waals surface area contributed by atoms with Crippen molar-refractivity contribution in [3.63, 3.8) is 0 Å². The molecule has 0 aliphatic carbocycles. The zero-order valence-electron chi connectivity index (χ0n) is 15.6. The molecule has 0 bridgehead atoms. The summed E-state index contributed by atoms with van der Waals surface area (Å²) in [7, 11) is 0. The van der Waals surface area contributed by atoms with Crippen LogP contribution in [0.25, 0.3) is 0 Å². The van der Waals surface area contributed by atoms with E-state index in [9.17, 15) is 4.79 Å². The highest BCUT2D eigenvalue weighted by Crippen LogP contribution is 2.31. The van der Waals surface area contributed by atoms with Crippen molar-refractivity contribution in [2.24, 2.45) is 0 Å². The van der Waals surface area contributed by atoms with Crippen molar-refractivity contribution >= 4 is 5.91 Å². The number of hydrogen-bond acceptors (Lipinski definition) is 6. The third-order valence-electron chi connectivity index (χ3n) is 5.45. The van der Waals surface area contributed by atoms with Crippen molar-refractivity contribution < 1.29 is 4.79 Å². The van der Waals surface area contributed by atoms with Crippen LogP contribution < -0.4 is 5.32 Å². The Balaban J connectivity index is 1.41. The number of nitrogens with one attached hydrogen (secondary N) is 1. The van der Waals surface area contributed by atoms with Crippen LogP contribution >= 0.6 is 0 Å². The van der Waals surface area contributed by atoms with E-state index in [-0.39, 0.29) is 11.9 Å². The second kappa shape index (κ2) is 8.58. The van der Waals surface area contributed by atoms with Crippen molar-refractivity contribution in [3.05, 3.63) is 42.0 Å². The summed E-state index contributed by atoms with van der Waals surface area (Å²) in [4.78, 5) is 21.6. The van der Waals surface area contributed by atoms with E-state index in [0.717, 1.165) is 70.6 Å². The molecular weight excluding hydrogens is 342 g/mol. The maximum atomic E-state index is 13.1. The minimum Gasteiger partial charge on any atom is -0.330 e. The van der Waals surface area contributed by atoms with E-state index in [1.807, 2.05) is 23.2 Å². The van der Waals surface area contributed by atoms with Gasteiger partial charge in [-0.3, -0.25) is 19.4 Å². The molecule has 144 valence electrons. The molecule has 2 aliphatic heterocycles. The van der Waals surface area contributed by atoms with Crippen LogP contribution in [0.1, 0.15) is 41.4 Å². The Bertz CT molecular complexity index is 742. The van der Waals surface area contributed by atoms with Gasteiger partial charge in [0, 0.05) is 51.7 Å². The van der Waals surface area contributed by atoms with E-state index >= 15 is 0 Å². The summed E-state index contributed by atoms with van der Waals surface area (Å²) >= 11 is 0. The highest BCUT2D eigenvalue weighted by atomic mass is 16.2. The van der Waals surface area contributed by atoms with Crippen molar-refractivity contribution in [2.45, 2.75) is 31.8 Å². The Morgan fingerprint density at radius 1 is 1.19 bits per heavy atom. The van der Waals surface area contributed by atoms with Crippen molar-refractivity contribution in [1.82, 2.24) is 35.1 Å². The summed E-state index contributed by atoms with van der Waals surface area (Å²) in [6, 6.07) is 4.05. The Morgan fingerprint density at radius 3 is 2.89 bits per heavy atom. The zero-order valence-corrected chi connectivity index (χ0v) is 15.6. The van der Waals surface area contributed by atoms with E-state index < -0.39 is 0 Å². The minimum atomic E-state index is -0.0306. The number of pyridine rings is 1. The van der Waals surface area contributed by atoms with Crippen LogP contribution in [0.2, 0.25) is 0 Å². The maximum absolute atomic E-state index is 13.1. The molecule has 2 aliphatic rings. The normalized spacial score (nSPS) is 21.3. The number of piperidine rings is 1. The molecule has 1 N–H and O–H groups in total. The molecule has 0 spiro atoms. The lowest BCUT2D eigenvalue weighted by Crippen LogP contribution is -2.44. The van der Waals surface area contributed by atoms with E-state index in [4.69, 9.17) is 0 Å². The second-order valence-corrected chi connectivity index (χ2v) is 7.25. The third kappa shape index (κ3) is 4.33. The molecule has 2 fully saturated rings. The van der Waals surface area contributed by atoms with Crippen LogP contribution in [0.3, 0.4) is 0 Å². The van der Waals surface area contributed by atoms with Crippen LogP contribution in [-0.2, 0) is 6.54 Å². The average molecular weight is 369 g/mol. The van der Waals surface area contributed by atoms with E-state index in [1.54, 1.807) is 17.1 Å². The molecule has 4 rings (SSSR count). The van der Waals surface area contributed by atoms with Gasteiger partial charge in [0.1, 0.15) is 0 Å². The third-order valence-corrected chi connectivity index (χ3v) is 5.45. The van der Waals surface area contributed by atoms with Gasteiger partial charge in [-0.05, 0) is 30.9 Å². The molecule has 8 heteroatoms. The molecule has 0 unspecified atom stereocenters. The van der Waals surface area contributed by atoms with Gasteiger partial charge in [-0.25, -0.2) is 0 Å². The zero-order chi connectivity index (χ0) is 18.5. The van der Waals surface area contributed by atoms with Crippen molar-refractivity contribution in [1.29, 1.82) is 0 Å². The van der Waals surface area contributed by atoms with Gasteiger partial charge in [0.05, 0.1) is 18.8 Å². The highest BCUT2D eigenvalue weighted by Gasteiger charge is 2.30. The summed E-state index contributed by atoms with van der Waals surface area (Å²) in [6.07, 6.45) is 8.54. The van der Waals surface area contributed by atoms with Crippen LogP contribution in [0, 0.1) is 0 Å². The van der Waals surface area contributed by atoms with Gasteiger partial charge in [0.15, 0.2) is 5.69 Å². The predicted molar refractivity (Wildman–Crippen MR) is 101 cm³/mol. The molecule has 1 amide bonds. The van der Waals surface area contributed by atoms with Crippen LogP contribution in [0.4, 0.5) is 0 Å². The summed E-state index contributed by atoms with van der Waals surface area (Å²) in [5.41, 5.74) is 1.53. The minimum absolute atomic E-state index is 0.0306. The summed E-state index contributed by atoms with van der Waals surface area (Å²) in [6.45, 7) is 6.62. The largest absolute Gasteiger partial charge is 0.330 e. The van der Waals surface area contributed by atoms with Crippen molar-refractivity contribution in [3.8, 4) is 0 Å². The fraction of sp³-hybridized carbons (Fsp3) is 0.579. The van der Waals surface area contributed by atoms with Gasteiger partial charge in [-0.2, -0.15) is 0 Å². The fourth-order valence-corrected chi connectivity index (χ4v) is 3.93. The van der Waals surface area contributed by atoms with Gasteiger partial charge in [0.2, 0.25) is 0 Å². The number of likely N-dealkylation sites (tertiary alicyclic amines) is 1. The molecule has 8 nitrogen and oxygen atoms in total. The number of rotatable bonds is 5. The van der Waals surface area contributed by atoms with Crippen LogP contribution in [0.5, 0.6) is 0 Å². The molecule has 2 aromatic rings. The first-order chi connectivity index (χ1) is 13.3. The average Bonchev–Trinajstić information content (AvgIpc) is 3.22. The standard InChI is InChI=1S/C19H27N7O/c27-19(26-9-2-1-5-18(26)16-4-3-6-21-14-16)17-15-25(23-22-17)13-12-24-10-7-20-8-11-24/h3-4,6,14-15,18,20H,1-2,5,7-13H2/t18-/m1/s1. The van der Waals surface area contributed by atoms with Gasteiger partial charge >= 0.3 is 0 Å². The Hall–Kier alpha value is -2.32. The van der Waals surface area contributed by atoms with Crippen LogP contribution in [-0.4, -0.2) is 75.0 Å². The molecule has 2 saturated heterocycles. The Morgan fingerprint density at radius 2 is 2.07 bits per heavy atom. The lowest BCUT2D eigenvalue weighted by molar-refractivity contribution is 0.0605. The topological polar surface area (TPSA) is 79.2 Å². The Kier molecular flexibility index (Phi) is 5.74. The predicted octanol–water partition coefficient (Wildman–Crippen LogP) is 0.946. The first kappa shape index (κ1) is 18.1. The molecule has 1 atom stereocenters. The summed E-state index contributed by atoms with van der Waals surface area (Å²) in [5.74, 6) is -0.0306. The summed E-state index contributed by atoms with van der Waals surface area (Å²) in [5, 5.41) is 11.7. The van der Waals surface area contributed by atoms with E-state index in [0.29, 0.717) is 5.69 Å². The highest BCUT2D eigenvalue weighted by molar-refractivity contribution is 5.92.